The number of nitrogens with one attached hydrogen (secondary N) is 1. The number of anilines is 1. The maximum atomic E-state index is 14.0. The molecule has 9 heteroatoms. The summed E-state index contributed by atoms with van der Waals surface area (Å²) in [5, 5.41) is 3.35. The predicted molar refractivity (Wildman–Crippen MR) is 89.7 cm³/mol. The summed E-state index contributed by atoms with van der Waals surface area (Å²) in [7, 11) is 4.67. The average molecular weight is 376 g/mol. The fraction of sp³-hybridized carbons (Fsp3) is 0.333. The largest absolute Gasteiger partial charge is 0.465 e. The van der Waals surface area contributed by atoms with E-state index in [0.29, 0.717) is 5.13 Å². The van der Waals surface area contributed by atoms with E-state index in [1.807, 2.05) is 0 Å². The summed E-state index contributed by atoms with van der Waals surface area (Å²) >= 11 is 6.91. The maximum Gasteiger partial charge on any atom is 0.351 e. The lowest BCUT2D eigenvalue weighted by Gasteiger charge is -2.25. The number of carbonyl (C=O) groups is 1. The van der Waals surface area contributed by atoms with Crippen LogP contribution >= 0.6 is 22.9 Å². The summed E-state index contributed by atoms with van der Waals surface area (Å²) in [5.74, 6) is -1.83. The molecule has 1 aromatic heterocycles. The molecule has 0 aliphatic carbocycles. The van der Waals surface area contributed by atoms with Crippen LogP contribution in [0.1, 0.15) is 21.3 Å². The molecular weight excluding hydrogens is 360 g/mol. The number of likely N-dealkylation sites (N-methyl/N-ethyl adjacent to an activating group) is 1. The van der Waals surface area contributed by atoms with Gasteiger partial charge in [0.05, 0.1) is 13.2 Å². The summed E-state index contributed by atoms with van der Waals surface area (Å²) in [6, 6.07) is 3.17. The van der Waals surface area contributed by atoms with Gasteiger partial charge < -0.3 is 15.0 Å². The minimum atomic E-state index is -0.622. The predicted octanol–water partition coefficient (Wildman–Crippen LogP) is 3.58. The summed E-state index contributed by atoms with van der Waals surface area (Å²) in [6.45, 7) is 0.176. The second-order valence-corrected chi connectivity index (χ2v) is 6.48. The standard InChI is InChI=1S/C15H16ClF2N3O2S/c1-21(2)10(11-8(17)5-4-6-9(11)18)7-19-15-20-13(16)12(24-15)14(22)23-3/h4-6,10H,7H2,1-3H3,(H,19,20). The van der Waals surface area contributed by atoms with Gasteiger partial charge in [0, 0.05) is 12.1 Å². The van der Waals surface area contributed by atoms with Gasteiger partial charge in [-0.05, 0) is 26.2 Å². The number of hydrogen-bond acceptors (Lipinski definition) is 6. The molecule has 1 aromatic carbocycles. The number of benzene rings is 1. The van der Waals surface area contributed by atoms with Gasteiger partial charge in [0.2, 0.25) is 0 Å². The number of halogens is 3. The molecule has 2 rings (SSSR count). The average Bonchev–Trinajstić information content (AvgIpc) is 2.90. The van der Waals surface area contributed by atoms with Crippen LogP contribution in [0.4, 0.5) is 13.9 Å². The molecule has 0 radical (unpaired) electrons. The maximum absolute atomic E-state index is 14.0. The van der Waals surface area contributed by atoms with E-state index < -0.39 is 23.6 Å². The van der Waals surface area contributed by atoms with Crippen LogP contribution < -0.4 is 5.32 Å². The molecule has 0 saturated carbocycles. The Hall–Kier alpha value is -1.77. The van der Waals surface area contributed by atoms with Crippen molar-refractivity contribution in [1.82, 2.24) is 9.88 Å². The molecule has 0 amide bonds. The Labute approximate surface area is 147 Å². The number of esters is 1. The van der Waals surface area contributed by atoms with Crippen LogP contribution in [-0.2, 0) is 4.74 Å². The molecule has 0 spiro atoms. The number of ether oxygens (including phenoxy) is 1. The first-order chi connectivity index (χ1) is 11.3. The molecule has 1 atom stereocenters. The van der Waals surface area contributed by atoms with Gasteiger partial charge >= 0.3 is 5.97 Å². The van der Waals surface area contributed by atoms with Gasteiger partial charge in [-0.3, -0.25) is 0 Å². The molecule has 5 nitrogen and oxygen atoms in total. The minimum absolute atomic E-state index is 0.0211. The number of aromatic nitrogens is 1. The van der Waals surface area contributed by atoms with E-state index in [-0.39, 0.29) is 22.1 Å². The third-order valence-corrected chi connectivity index (χ3v) is 4.74. The SMILES string of the molecule is COC(=O)c1sc(NCC(c2c(F)cccc2F)N(C)C)nc1Cl. The van der Waals surface area contributed by atoms with Gasteiger partial charge in [0.25, 0.3) is 0 Å². The van der Waals surface area contributed by atoms with Gasteiger partial charge in [-0.25, -0.2) is 18.6 Å². The normalized spacial score (nSPS) is 12.3. The lowest BCUT2D eigenvalue weighted by atomic mass is 10.0. The molecule has 0 bridgehead atoms. The van der Waals surface area contributed by atoms with Crippen molar-refractivity contribution in [2.45, 2.75) is 6.04 Å². The van der Waals surface area contributed by atoms with Crippen molar-refractivity contribution in [3.63, 3.8) is 0 Å². The summed E-state index contributed by atoms with van der Waals surface area (Å²) in [6.07, 6.45) is 0. The Balaban J connectivity index is 2.20. The van der Waals surface area contributed by atoms with Crippen molar-refractivity contribution in [2.75, 3.05) is 33.1 Å². The third kappa shape index (κ3) is 4.00. The van der Waals surface area contributed by atoms with Crippen LogP contribution in [0.5, 0.6) is 0 Å². The molecule has 130 valence electrons. The molecule has 0 saturated heterocycles. The van der Waals surface area contributed by atoms with Crippen molar-refractivity contribution in [3.05, 3.63) is 45.4 Å². The Morgan fingerprint density at radius 2 is 2.04 bits per heavy atom. The first kappa shape index (κ1) is 18.6. The summed E-state index contributed by atoms with van der Waals surface area (Å²) < 4.78 is 32.6. The Bertz CT molecular complexity index is 719. The zero-order valence-corrected chi connectivity index (χ0v) is 14.8. The topological polar surface area (TPSA) is 54.5 Å². The molecule has 1 N–H and O–H groups in total. The van der Waals surface area contributed by atoms with Crippen LogP contribution in [0.3, 0.4) is 0 Å². The lowest BCUT2D eigenvalue weighted by molar-refractivity contribution is 0.0606. The first-order valence-electron chi connectivity index (χ1n) is 6.94. The molecule has 0 fully saturated rings. The first-order valence-corrected chi connectivity index (χ1v) is 8.13. The number of nitrogens with zero attached hydrogens (tertiary/aromatic N) is 2. The minimum Gasteiger partial charge on any atom is -0.465 e. The van der Waals surface area contributed by atoms with Crippen LogP contribution in [-0.4, -0.2) is 43.6 Å². The number of hydrogen-bond donors (Lipinski definition) is 1. The zero-order valence-electron chi connectivity index (χ0n) is 13.3. The van der Waals surface area contributed by atoms with Gasteiger partial charge in [0.1, 0.15) is 11.6 Å². The van der Waals surface area contributed by atoms with E-state index in [1.165, 1.54) is 25.3 Å². The van der Waals surface area contributed by atoms with E-state index in [2.05, 4.69) is 15.0 Å². The van der Waals surface area contributed by atoms with E-state index in [1.54, 1.807) is 19.0 Å². The van der Waals surface area contributed by atoms with Crippen LogP contribution in [0.25, 0.3) is 0 Å². The van der Waals surface area contributed by atoms with E-state index >= 15 is 0 Å². The third-order valence-electron chi connectivity index (χ3n) is 3.36. The van der Waals surface area contributed by atoms with E-state index in [4.69, 9.17) is 11.6 Å². The van der Waals surface area contributed by atoms with Gasteiger partial charge in [-0.1, -0.05) is 29.0 Å². The van der Waals surface area contributed by atoms with Crippen LogP contribution in [0.15, 0.2) is 18.2 Å². The number of thiazole rings is 1. The Morgan fingerprint density at radius 1 is 1.42 bits per heavy atom. The zero-order chi connectivity index (χ0) is 17.9. The fourth-order valence-electron chi connectivity index (χ4n) is 2.15. The number of carbonyl (C=O) groups excluding carboxylic acids is 1. The van der Waals surface area contributed by atoms with Crippen LogP contribution in [0, 0.1) is 11.6 Å². The smallest absolute Gasteiger partial charge is 0.351 e. The second-order valence-electron chi connectivity index (χ2n) is 5.13. The highest BCUT2D eigenvalue weighted by molar-refractivity contribution is 7.18. The highest BCUT2D eigenvalue weighted by Gasteiger charge is 2.23. The molecule has 1 heterocycles. The van der Waals surface area contributed by atoms with Gasteiger partial charge in [-0.15, -0.1) is 0 Å². The molecule has 0 aliphatic rings. The van der Waals surface area contributed by atoms with Crippen molar-refractivity contribution >= 4 is 34.0 Å². The van der Waals surface area contributed by atoms with Crippen molar-refractivity contribution in [1.29, 1.82) is 0 Å². The summed E-state index contributed by atoms with van der Waals surface area (Å²) in [5.41, 5.74) is -0.0363. The second kappa shape index (κ2) is 7.87. The summed E-state index contributed by atoms with van der Waals surface area (Å²) in [4.78, 5) is 17.4. The highest BCUT2D eigenvalue weighted by atomic mass is 35.5. The van der Waals surface area contributed by atoms with Crippen LogP contribution in [0.2, 0.25) is 5.15 Å². The molecule has 24 heavy (non-hydrogen) atoms. The molecule has 0 aliphatic heterocycles. The monoisotopic (exact) mass is 375 g/mol. The number of rotatable bonds is 6. The Kier molecular flexibility index (Phi) is 6.09. The van der Waals surface area contributed by atoms with E-state index in [9.17, 15) is 13.6 Å². The molecular formula is C15H16ClF2N3O2S. The highest BCUT2D eigenvalue weighted by Crippen LogP contribution is 2.29. The Morgan fingerprint density at radius 3 is 2.58 bits per heavy atom. The van der Waals surface area contributed by atoms with Crippen molar-refractivity contribution < 1.29 is 18.3 Å². The quantitative estimate of drug-likeness (QED) is 0.782. The lowest BCUT2D eigenvalue weighted by Crippen LogP contribution is -2.28. The van der Waals surface area contributed by atoms with Gasteiger partial charge in [0.15, 0.2) is 15.2 Å². The molecule has 2 aromatic rings. The number of methoxy groups -OCH3 is 1. The van der Waals surface area contributed by atoms with Crippen molar-refractivity contribution in [3.8, 4) is 0 Å². The van der Waals surface area contributed by atoms with E-state index in [0.717, 1.165) is 11.3 Å². The fourth-order valence-corrected chi connectivity index (χ4v) is 3.26. The van der Waals surface area contributed by atoms with Gasteiger partial charge in [-0.2, -0.15) is 0 Å². The molecule has 1 unspecified atom stereocenters. The van der Waals surface area contributed by atoms with Crippen molar-refractivity contribution in [2.24, 2.45) is 0 Å².